The summed E-state index contributed by atoms with van der Waals surface area (Å²) in [5, 5.41) is 0. The van der Waals surface area contributed by atoms with Gasteiger partial charge in [0.2, 0.25) is 5.91 Å². The van der Waals surface area contributed by atoms with Gasteiger partial charge in [0.25, 0.3) is 0 Å². The van der Waals surface area contributed by atoms with Crippen molar-refractivity contribution in [3.63, 3.8) is 0 Å². The van der Waals surface area contributed by atoms with Crippen LogP contribution in [0.4, 0.5) is 0 Å². The Kier molecular flexibility index (Phi) is 2.27. The summed E-state index contributed by atoms with van der Waals surface area (Å²) in [5.41, 5.74) is 1.60. The molecule has 0 radical (unpaired) electrons. The fourth-order valence-corrected chi connectivity index (χ4v) is 2.12. The molecule has 0 atom stereocenters. The van der Waals surface area contributed by atoms with Crippen LogP contribution in [0.3, 0.4) is 0 Å². The van der Waals surface area contributed by atoms with Crippen molar-refractivity contribution in [2.75, 3.05) is 13.7 Å². The maximum atomic E-state index is 11.5. The number of carbonyl (C=O) groups is 2. The summed E-state index contributed by atoms with van der Waals surface area (Å²) in [7, 11) is 1.38. The monoisotopic (exact) mass is 195 g/mol. The molecule has 0 spiro atoms. The van der Waals surface area contributed by atoms with Crippen LogP contribution in [0.25, 0.3) is 0 Å². The second kappa shape index (κ2) is 3.44. The average Bonchev–Trinajstić information content (AvgIpc) is 2.67. The first-order valence-electron chi connectivity index (χ1n) is 4.84. The second-order valence-corrected chi connectivity index (χ2v) is 3.57. The molecule has 1 amide bonds. The molecule has 0 bridgehead atoms. The van der Waals surface area contributed by atoms with Crippen LogP contribution >= 0.6 is 0 Å². The molecule has 0 aromatic heterocycles. The maximum Gasteiger partial charge on any atom is 0.335 e. The molecule has 2 aliphatic heterocycles. The Morgan fingerprint density at radius 2 is 2.14 bits per heavy atom. The van der Waals surface area contributed by atoms with Crippen LogP contribution in [-0.2, 0) is 14.3 Å². The number of amides is 1. The number of hydrogen-bond acceptors (Lipinski definition) is 3. The molecule has 4 heteroatoms. The van der Waals surface area contributed by atoms with Crippen molar-refractivity contribution < 1.29 is 14.3 Å². The smallest absolute Gasteiger partial charge is 0.335 e. The number of carbonyl (C=O) groups excluding carboxylic acids is 2. The van der Waals surface area contributed by atoms with Crippen molar-refractivity contribution >= 4 is 11.9 Å². The van der Waals surface area contributed by atoms with Crippen molar-refractivity contribution in [2.45, 2.75) is 25.7 Å². The second-order valence-electron chi connectivity index (χ2n) is 3.57. The van der Waals surface area contributed by atoms with Gasteiger partial charge in [0.05, 0.1) is 12.7 Å². The highest BCUT2D eigenvalue weighted by atomic mass is 16.5. The minimum atomic E-state index is -0.278. The van der Waals surface area contributed by atoms with Gasteiger partial charge in [0, 0.05) is 18.7 Å². The van der Waals surface area contributed by atoms with Gasteiger partial charge in [-0.3, -0.25) is 4.79 Å². The highest BCUT2D eigenvalue weighted by Gasteiger charge is 2.32. The third-order valence-corrected chi connectivity index (χ3v) is 2.79. The average molecular weight is 195 g/mol. The van der Waals surface area contributed by atoms with Crippen molar-refractivity contribution in [1.82, 2.24) is 4.90 Å². The number of methoxy groups -OCH3 is 1. The Labute approximate surface area is 82.5 Å². The quantitative estimate of drug-likeness (QED) is 0.582. The molecule has 2 rings (SSSR count). The molecular formula is C10H13NO3. The lowest BCUT2D eigenvalue weighted by Crippen LogP contribution is -2.32. The summed E-state index contributed by atoms with van der Waals surface area (Å²) in [6.45, 7) is 0.759. The molecule has 0 aromatic rings. The SMILES string of the molecule is COC(=O)C1=C2CCCN2C(=O)CC1. The Morgan fingerprint density at radius 3 is 2.86 bits per heavy atom. The lowest BCUT2D eigenvalue weighted by Gasteiger charge is -2.25. The molecule has 14 heavy (non-hydrogen) atoms. The molecule has 0 aliphatic carbocycles. The van der Waals surface area contributed by atoms with Gasteiger partial charge in [-0.2, -0.15) is 0 Å². The van der Waals surface area contributed by atoms with Crippen LogP contribution in [0, 0.1) is 0 Å². The van der Waals surface area contributed by atoms with E-state index in [9.17, 15) is 9.59 Å². The van der Waals surface area contributed by atoms with Gasteiger partial charge in [-0.05, 0) is 19.3 Å². The lowest BCUT2D eigenvalue weighted by molar-refractivity contribution is -0.137. The number of esters is 1. The van der Waals surface area contributed by atoms with Crippen LogP contribution in [0.5, 0.6) is 0 Å². The van der Waals surface area contributed by atoms with Gasteiger partial charge in [-0.25, -0.2) is 4.79 Å². The first-order chi connectivity index (χ1) is 6.74. The number of rotatable bonds is 1. The molecule has 0 unspecified atom stereocenters. The molecular weight excluding hydrogens is 182 g/mol. The molecule has 1 fully saturated rings. The first-order valence-corrected chi connectivity index (χ1v) is 4.84. The predicted molar refractivity (Wildman–Crippen MR) is 49.2 cm³/mol. The van der Waals surface area contributed by atoms with E-state index in [2.05, 4.69) is 0 Å². The molecule has 0 saturated carbocycles. The van der Waals surface area contributed by atoms with Gasteiger partial charge in [0.1, 0.15) is 0 Å². The molecule has 2 heterocycles. The summed E-state index contributed by atoms with van der Waals surface area (Å²) in [4.78, 5) is 24.6. The van der Waals surface area contributed by atoms with Crippen LogP contribution in [0.15, 0.2) is 11.3 Å². The Balaban J connectivity index is 2.34. The van der Waals surface area contributed by atoms with E-state index in [0.717, 1.165) is 25.1 Å². The van der Waals surface area contributed by atoms with Crippen LogP contribution in [0.2, 0.25) is 0 Å². The molecule has 4 nitrogen and oxygen atoms in total. The predicted octanol–water partition coefficient (Wildman–Crippen LogP) is 0.830. The summed E-state index contributed by atoms with van der Waals surface area (Å²) in [6.07, 6.45) is 2.77. The summed E-state index contributed by atoms with van der Waals surface area (Å²) >= 11 is 0. The number of nitrogens with zero attached hydrogens (tertiary/aromatic N) is 1. The van der Waals surface area contributed by atoms with Crippen LogP contribution in [-0.4, -0.2) is 30.4 Å². The molecule has 0 N–H and O–H groups in total. The van der Waals surface area contributed by atoms with Gasteiger partial charge >= 0.3 is 5.97 Å². The highest BCUT2D eigenvalue weighted by Crippen LogP contribution is 2.32. The lowest BCUT2D eigenvalue weighted by atomic mass is 10.0. The minimum absolute atomic E-state index is 0.144. The highest BCUT2D eigenvalue weighted by molar-refractivity contribution is 5.93. The van der Waals surface area contributed by atoms with E-state index in [-0.39, 0.29) is 11.9 Å². The number of allylic oxidation sites excluding steroid dienone is 1. The maximum absolute atomic E-state index is 11.5. The third-order valence-electron chi connectivity index (χ3n) is 2.79. The first kappa shape index (κ1) is 9.24. The standard InChI is InChI=1S/C10H13NO3/c1-14-10(13)7-4-5-9(12)11-6-2-3-8(7)11/h2-6H2,1H3. The topological polar surface area (TPSA) is 46.6 Å². The fraction of sp³-hybridized carbons (Fsp3) is 0.600. The van der Waals surface area contributed by atoms with Crippen molar-refractivity contribution in [1.29, 1.82) is 0 Å². The molecule has 0 aromatic carbocycles. The Morgan fingerprint density at radius 1 is 1.36 bits per heavy atom. The summed E-state index contributed by atoms with van der Waals surface area (Å²) < 4.78 is 4.70. The van der Waals surface area contributed by atoms with Gasteiger partial charge in [-0.15, -0.1) is 0 Å². The number of hydrogen-bond donors (Lipinski definition) is 0. The van der Waals surface area contributed by atoms with Crippen molar-refractivity contribution in [3.8, 4) is 0 Å². The zero-order valence-corrected chi connectivity index (χ0v) is 8.21. The summed E-state index contributed by atoms with van der Waals surface area (Å²) in [5.74, 6) is -0.135. The van der Waals surface area contributed by atoms with E-state index >= 15 is 0 Å². The van der Waals surface area contributed by atoms with Gasteiger partial charge < -0.3 is 9.64 Å². The number of fused-ring (bicyclic) bond motifs is 1. The Hall–Kier alpha value is -1.32. The van der Waals surface area contributed by atoms with Crippen molar-refractivity contribution in [3.05, 3.63) is 11.3 Å². The largest absolute Gasteiger partial charge is 0.466 e. The fourth-order valence-electron chi connectivity index (χ4n) is 2.12. The number of ether oxygens (including phenoxy) is 1. The van der Waals surface area contributed by atoms with E-state index in [1.807, 2.05) is 0 Å². The van der Waals surface area contributed by atoms with Crippen LogP contribution in [0.1, 0.15) is 25.7 Å². The summed E-state index contributed by atoms with van der Waals surface area (Å²) in [6, 6.07) is 0. The molecule has 76 valence electrons. The van der Waals surface area contributed by atoms with E-state index in [1.165, 1.54) is 7.11 Å². The Bertz CT molecular complexity index is 319. The third kappa shape index (κ3) is 1.31. The van der Waals surface area contributed by atoms with E-state index < -0.39 is 0 Å². The minimum Gasteiger partial charge on any atom is -0.466 e. The van der Waals surface area contributed by atoms with E-state index in [0.29, 0.717) is 18.4 Å². The van der Waals surface area contributed by atoms with Crippen LogP contribution < -0.4 is 0 Å². The molecule has 1 saturated heterocycles. The van der Waals surface area contributed by atoms with E-state index in [4.69, 9.17) is 4.74 Å². The van der Waals surface area contributed by atoms with Gasteiger partial charge in [-0.1, -0.05) is 0 Å². The van der Waals surface area contributed by atoms with Crippen molar-refractivity contribution in [2.24, 2.45) is 0 Å². The normalized spacial score (nSPS) is 21.2. The van der Waals surface area contributed by atoms with E-state index in [1.54, 1.807) is 4.90 Å². The zero-order chi connectivity index (χ0) is 10.1. The molecule has 2 aliphatic rings. The van der Waals surface area contributed by atoms with Gasteiger partial charge in [0.15, 0.2) is 0 Å². The zero-order valence-electron chi connectivity index (χ0n) is 8.21.